The molecule has 3 aromatic rings. The van der Waals surface area contributed by atoms with Gasteiger partial charge in [-0.1, -0.05) is 30.3 Å². The van der Waals surface area contributed by atoms with E-state index >= 15 is 0 Å². The highest BCUT2D eigenvalue weighted by Crippen LogP contribution is 2.39. The highest BCUT2D eigenvalue weighted by atomic mass is 16.7. The average Bonchev–Trinajstić information content (AvgIpc) is 3.73. The minimum absolute atomic E-state index is 0.237. The third kappa shape index (κ3) is 5.77. The lowest BCUT2D eigenvalue weighted by atomic mass is 9.96. The monoisotopic (exact) mass is 581 g/mol. The fraction of sp³-hybridized carbons (Fsp3) is 0.303. The Morgan fingerprint density at radius 1 is 1.07 bits per heavy atom. The van der Waals surface area contributed by atoms with Crippen LogP contribution < -0.4 is 16.0 Å². The zero-order valence-electron chi connectivity index (χ0n) is 24.5. The van der Waals surface area contributed by atoms with Gasteiger partial charge in [0.2, 0.25) is 0 Å². The lowest BCUT2D eigenvalue weighted by molar-refractivity contribution is -0.111. The lowest BCUT2D eigenvalue weighted by Crippen LogP contribution is -2.45. The number of esters is 1. The molecule has 3 aliphatic rings. The van der Waals surface area contributed by atoms with Crippen molar-refractivity contribution < 1.29 is 24.0 Å². The number of likely N-dealkylation sites (tertiary alicyclic amines) is 1. The van der Waals surface area contributed by atoms with Crippen molar-refractivity contribution in [3.63, 3.8) is 0 Å². The molecule has 2 fully saturated rings. The molecule has 0 aromatic heterocycles. The molecule has 2 amide bonds. The number of rotatable bonds is 9. The van der Waals surface area contributed by atoms with Gasteiger partial charge in [-0.2, -0.15) is 0 Å². The second-order valence-electron chi connectivity index (χ2n) is 11.1. The van der Waals surface area contributed by atoms with E-state index in [-0.39, 0.29) is 11.8 Å². The Morgan fingerprint density at radius 2 is 1.84 bits per heavy atom. The number of benzene rings is 3. The molecule has 3 aliphatic heterocycles. The van der Waals surface area contributed by atoms with Crippen LogP contribution in [0.2, 0.25) is 0 Å². The predicted molar refractivity (Wildman–Crippen MR) is 164 cm³/mol. The maximum atomic E-state index is 13.3. The summed E-state index contributed by atoms with van der Waals surface area (Å²) in [5.74, 6) is -0.986. The molecule has 3 N–H and O–H groups in total. The van der Waals surface area contributed by atoms with Gasteiger partial charge in [0.25, 0.3) is 11.8 Å². The Balaban J connectivity index is 1.20. The summed E-state index contributed by atoms with van der Waals surface area (Å²) in [6, 6.07) is 21.2. The Kier molecular flexibility index (Phi) is 7.98. The van der Waals surface area contributed by atoms with Gasteiger partial charge in [-0.3, -0.25) is 19.3 Å². The van der Waals surface area contributed by atoms with Crippen LogP contribution in [-0.2, 0) is 14.4 Å². The third-order valence-corrected chi connectivity index (χ3v) is 8.35. The van der Waals surface area contributed by atoms with E-state index in [1.54, 1.807) is 37.4 Å². The topological polar surface area (TPSA) is 112 Å². The Bertz CT molecular complexity index is 1590. The van der Waals surface area contributed by atoms with Crippen LogP contribution in [0.1, 0.15) is 43.8 Å². The van der Waals surface area contributed by atoms with E-state index in [2.05, 4.69) is 20.9 Å². The zero-order valence-corrected chi connectivity index (χ0v) is 24.5. The summed E-state index contributed by atoms with van der Waals surface area (Å²) in [7, 11) is 2.96. The van der Waals surface area contributed by atoms with Crippen molar-refractivity contribution in [2.45, 2.75) is 25.4 Å². The molecule has 0 radical (unpaired) electrons. The van der Waals surface area contributed by atoms with Crippen LogP contribution in [0.15, 0.2) is 66.7 Å². The number of carbonyl (C=O) groups is 3. The van der Waals surface area contributed by atoms with E-state index in [1.165, 1.54) is 18.6 Å². The van der Waals surface area contributed by atoms with E-state index in [0.717, 1.165) is 25.2 Å². The van der Waals surface area contributed by atoms with Crippen molar-refractivity contribution >= 4 is 40.4 Å². The standard InChI is InChI=1S/C33H35N5O5/c1-20-15-27-28(17-26(20)33(41)42-3)36-31(39)29(27)30(21-7-5-4-6-8-21)35-23-11-9-22(10-12-23)32(40)37(2)43-14-13-38-19-24-16-25(38)18-34-24/h4-12,15,17,24-25,34-35H,13-14,16,18-19H2,1-3H3,(H,36,39)/b30-29-/t24-,25-/m0/s1. The highest BCUT2D eigenvalue weighted by Gasteiger charge is 2.37. The minimum Gasteiger partial charge on any atom is -0.465 e. The second-order valence-corrected chi connectivity index (χ2v) is 11.1. The average molecular weight is 582 g/mol. The molecule has 10 heteroatoms. The number of methoxy groups -OCH3 is 1. The van der Waals surface area contributed by atoms with Gasteiger partial charge in [0.1, 0.15) is 0 Å². The molecule has 43 heavy (non-hydrogen) atoms. The first-order valence-corrected chi connectivity index (χ1v) is 14.4. The van der Waals surface area contributed by atoms with Crippen LogP contribution in [-0.4, -0.2) is 80.2 Å². The fourth-order valence-corrected chi connectivity index (χ4v) is 6.08. The van der Waals surface area contributed by atoms with Gasteiger partial charge in [0, 0.05) is 55.6 Å². The number of hydrogen-bond donors (Lipinski definition) is 3. The van der Waals surface area contributed by atoms with Gasteiger partial charge < -0.3 is 20.7 Å². The maximum absolute atomic E-state index is 13.3. The zero-order chi connectivity index (χ0) is 30.1. The Morgan fingerprint density at radius 3 is 2.51 bits per heavy atom. The van der Waals surface area contributed by atoms with Crippen LogP contribution in [0.4, 0.5) is 11.4 Å². The number of amides is 2. The molecule has 0 spiro atoms. The molecule has 0 saturated carbocycles. The number of hydrogen-bond acceptors (Lipinski definition) is 8. The first kappa shape index (κ1) is 28.6. The number of nitrogens with one attached hydrogen (secondary N) is 3. The SMILES string of the molecule is COC(=O)c1cc2c(cc1C)/C(=C(/Nc1ccc(C(=O)N(C)OCCN3C[C@@H]4C[C@H]3CN4)cc1)c1ccccc1)C(=O)N2. The quantitative estimate of drug-likeness (QED) is 0.199. The van der Waals surface area contributed by atoms with E-state index in [4.69, 9.17) is 9.57 Å². The van der Waals surface area contributed by atoms with Crippen LogP contribution in [0.5, 0.6) is 0 Å². The molecule has 222 valence electrons. The summed E-state index contributed by atoms with van der Waals surface area (Å²) < 4.78 is 4.90. The molecule has 0 aliphatic carbocycles. The van der Waals surface area contributed by atoms with Crippen LogP contribution in [0.3, 0.4) is 0 Å². The number of nitrogens with zero attached hydrogens (tertiary/aromatic N) is 2. The summed E-state index contributed by atoms with van der Waals surface area (Å²) in [6.07, 6.45) is 1.19. The summed E-state index contributed by atoms with van der Waals surface area (Å²) in [4.78, 5) is 46.8. The molecule has 3 aromatic carbocycles. The van der Waals surface area contributed by atoms with E-state index in [0.29, 0.717) is 63.6 Å². The summed E-state index contributed by atoms with van der Waals surface area (Å²) in [6.45, 7) is 5.11. The number of hydroxylamine groups is 2. The number of carbonyl (C=O) groups excluding carboxylic acids is 3. The predicted octanol–water partition coefficient (Wildman–Crippen LogP) is 3.76. The first-order valence-electron chi connectivity index (χ1n) is 14.4. The van der Waals surface area contributed by atoms with Gasteiger partial charge in [-0.05, 0) is 60.9 Å². The number of piperazine rings is 1. The molecule has 2 bridgehead atoms. The summed E-state index contributed by atoms with van der Waals surface area (Å²) in [5.41, 5.74) is 5.38. The largest absolute Gasteiger partial charge is 0.465 e. The number of ether oxygens (including phenoxy) is 1. The third-order valence-electron chi connectivity index (χ3n) is 8.35. The molecule has 10 nitrogen and oxygen atoms in total. The summed E-state index contributed by atoms with van der Waals surface area (Å²) in [5, 5.41) is 11.1. The van der Waals surface area contributed by atoms with Gasteiger partial charge in [0.15, 0.2) is 0 Å². The van der Waals surface area contributed by atoms with Gasteiger partial charge >= 0.3 is 5.97 Å². The van der Waals surface area contributed by atoms with Gasteiger partial charge in [-0.25, -0.2) is 9.86 Å². The van der Waals surface area contributed by atoms with Crippen molar-refractivity contribution in [3.05, 3.63) is 94.5 Å². The normalized spacial score (nSPS) is 20.0. The van der Waals surface area contributed by atoms with Crippen molar-refractivity contribution in [2.24, 2.45) is 0 Å². The molecule has 3 heterocycles. The summed E-state index contributed by atoms with van der Waals surface area (Å²) >= 11 is 0. The Hall–Kier alpha value is -4.51. The smallest absolute Gasteiger partial charge is 0.338 e. The highest BCUT2D eigenvalue weighted by molar-refractivity contribution is 6.37. The maximum Gasteiger partial charge on any atom is 0.338 e. The molecule has 6 rings (SSSR count). The first-order chi connectivity index (χ1) is 20.8. The fourth-order valence-electron chi connectivity index (χ4n) is 6.08. The van der Waals surface area contributed by atoms with Crippen molar-refractivity contribution in [3.8, 4) is 0 Å². The lowest BCUT2D eigenvalue weighted by Gasteiger charge is -2.27. The van der Waals surface area contributed by atoms with Gasteiger partial charge in [-0.15, -0.1) is 0 Å². The minimum atomic E-state index is -0.463. The Labute approximate surface area is 250 Å². The number of aryl methyl sites for hydroxylation is 1. The molecular weight excluding hydrogens is 546 g/mol. The van der Waals surface area contributed by atoms with E-state index in [9.17, 15) is 14.4 Å². The van der Waals surface area contributed by atoms with Crippen LogP contribution in [0.25, 0.3) is 11.3 Å². The molecule has 2 atom stereocenters. The van der Waals surface area contributed by atoms with Crippen molar-refractivity contribution in [1.82, 2.24) is 15.3 Å². The van der Waals surface area contributed by atoms with Gasteiger partial charge in [0.05, 0.1) is 36.2 Å². The molecule has 2 saturated heterocycles. The van der Waals surface area contributed by atoms with Crippen molar-refractivity contribution in [1.29, 1.82) is 0 Å². The second kappa shape index (κ2) is 12.0. The van der Waals surface area contributed by atoms with E-state index in [1.807, 2.05) is 43.3 Å². The number of anilines is 2. The van der Waals surface area contributed by atoms with Crippen LogP contribution >= 0.6 is 0 Å². The van der Waals surface area contributed by atoms with Crippen LogP contribution in [0, 0.1) is 6.92 Å². The molecular formula is C33H35N5O5. The number of fused-ring (bicyclic) bond motifs is 3. The van der Waals surface area contributed by atoms with E-state index < -0.39 is 5.97 Å². The molecule has 0 unspecified atom stereocenters. The van der Waals surface area contributed by atoms with Crippen molar-refractivity contribution in [2.75, 3.05) is 51.0 Å².